The molecule has 0 saturated heterocycles. The van der Waals surface area contributed by atoms with Crippen LogP contribution in [0.15, 0.2) is 24.3 Å². The van der Waals surface area contributed by atoms with E-state index in [-0.39, 0.29) is 10.7 Å². The Hall–Kier alpha value is -2.00. The van der Waals surface area contributed by atoms with Crippen LogP contribution in [-0.2, 0) is 12.6 Å². The van der Waals surface area contributed by atoms with Crippen LogP contribution in [0.4, 0.5) is 13.2 Å². The maximum atomic E-state index is 12.5. The average molecular weight is 300 g/mol. The van der Waals surface area contributed by atoms with Crippen molar-refractivity contribution in [2.24, 2.45) is 0 Å². The SMILES string of the molecule is CCc1nn(-c2ccc(C(F)(F)F)cc2)c(Cl)c1C#N. The highest BCUT2D eigenvalue weighted by Crippen LogP contribution is 2.30. The molecule has 104 valence electrons. The van der Waals surface area contributed by atoms with Crippen LogP contribution < -0.4 is 0 Å². The lowest BCUT2D eigenvalue weighted by atomic mass is 10.2. The van der Waals surface area contributed by atoms with E-state index in [0.717, 1.165) is 12.1 Å². The molecule has 0 saturated carbocycles. The smallest absolute Gasteiger partial charge is 0.221 e. The minimum atomic E-state index is -4.39. The monoisotopic (exact) mass is 299 g/mol. The molecule has 0 atom stereocenters. The van der Waals surface area contributed by atoms with E-state index < -0.39 is 11.7 Å². The lowest BCUT2D eigenvalue weighted by Gasteiger charge is -2.08. The standard InChI is InChI=1S/C13H9ClF3N3/c1-2-11-10(7-18)12(14)20(19-11)9-5-3-8(4-6-9)13(15,16)17/h3-6H,2H2,1H3. The van der Waals surface area contributed by atoms with Gasteiger partial charge in [-0.2, -0.15) is 23.5 Å². The van der Waals surface area contributed by atoms with Crippen molar-refractivity contribution in [3.8, 4) is 11.8 Å². The number of hydrogen-bond donors (Lipinski definition) is 0. The number of nitrogens with zero attached hydrogens (tertiary/aromatic N) is 3. The first kappa shape index (κ1) is 14.4. The van der Waals surface area contributed by atoms with Crippen molar-refractivity contribution in [3.05, 3.63) is 46.2 Å². The fourth-order valence-corrected chi connectivity index (χ4v) is 2.05. The molecule has 3 nitrogen and oxygen atoms in total. The van der Waals surface area contributed by atoms with Gasteiger partial charge in [-0.3, -0.25) is 0 Å². The Bertz CT molecular complexity index is 666. The molecule has 0 spiro atoms. The number of benzene rings is 1. The third kappa shape index (κ3) is 2.49. The van der Waals surface area contributed by atoms with Crippen LogP contribution in [0, 0.1) is 11.3 Å². The summed E-state index contributed by atoms with van der Waals surface area (Å²) in [7, 11) is 0. The summed E-state index contributed by atoms with van der Waals surface area (Å²) >= 11 is 6.03. The quantitative estimate of drug-likeness (QED) is 0.841. The molecule has 0 aliphatic rings. The van der Waals surface area contributed by atoms with Gasteiger partial charge >= 0.3 is 6.18 Å². The third-order valence-electron chi connectivity index (χ3n) is 2.79. The van der Waals surface area contributed by atoms with Gasteiger partial charge in [0.15, 0.2) is 5.15 Å². The van der Waals surface area contributed by atoms with Gasteiger partial charge in [0, 0.05) is 0 Å². The van der Waals surface area contributed by atoms with Gasteiger partial charge in [-0.15, -0.1) is 0 Å². The van der Waals surface area contributed by atoms with Crippen LogP contribution >= 0.6 is 11.6 Å². The molecule has 7 heteroatoms. The molecule has 1 aromatic heterocycles. The van der Waals surface area contributed by atoms with Crippen molar-refractivity contribution >= 4 is 11.6 Å². The van der Waals surface area contributed by atoms with Crippen molar-refractivity contribution in [3.63, 3.8) is 0 Å². The maximum absolute atomic E-state index is 12.5. The summed E-state index contributed by atoms with van der Waals surface area (Å²) in [6, 6.07) is 6.38. The Morgan fingerprint density at radius 2 is 1.90 bits per heavy atom. The number of nitriles is 1. The zero-order chi connectivity index (χ0) is 14.9. The summed E-state index contributed by atoms with van der Waals surface area (Å²) in [6.45, 7) is 1.82. The van der Waals surface area contributed by atoms with Crippen molar-refractivity contribution < 1.29 is 13.2 Å². The van der Waals surface area contributed by atoms with Gasteiger partial charge in [0.2, 0.25) is 0 Å². The highest BCUT2D eigenvalue weighted by atomic mass is 35.5. The molecule has 1 aromatic carbocycles. The average Bonchev–Trinajstić information content (AvgIpc) is 2.74. The van der Waals surface area contributed by atoms with Crippen LogP contribution in [0.3, 0.4) is 0 Å². The summed E-state index contributed by atoms with van der Waals surface area (Å²) < 4.78 is 38.7. The van der Waals surface area contributed by atoms with Gasteiger partial charge in [0.1, 0.15) is 11.6 Å². The number of rotatable bonds is 2. The number of alkyl halides is 3. The van der Waals surface area contributed by atoms with Crippen LogP contribution in [0.25, 0.3) is 5.69 Å². The predicted octanol–water partition coefficient (Wildman–Crippen LogP) is 3.98. The maximum Gasteiger partial charge on any atom is 0.416 e. The summed E-state index contributed by atoms with van der Waals surface area (Å²) in [5.41, 5.74) is 0.381. The van der Waals surface area contributed by atoms with Crippen LogP contribution in [0.2, 0.25) is 5.15 Å². The molecule has 0 N–H and O–H groups in total. The van der Waals surface area contributed by atoms with Gasteiger partial charge < -0.3 is 0 Å². The highest BCUT2D eigenvalue weighted by Gasteiger charge is 2.30. The lowest BCUT2D eigenvalue weighted by Crippen LogP contribution is -2.05. The molecule has 0 amide bonds. The molecule has 0 unspecified atom stereocenters. The van der Waals surface area contributed by atoms with Crippen molar-refractivity contribution in [2.45, 2.75) is 19.5 Å². The molecule has 1 heterocycles. The number of halogens is 4. The Balaban J connectivity index is 2.48. The first-order valence-corrected chi connectivity index (χ1v) is 6.11. The van der Waals surface area contributed by atoms with E-state index in [2.05, 4.69) is 5.10 Å². The molecule has 2 aromatic rings. The molecular weight excluding hydrogens is 291 g/mol. The van der Waals surface area contributed by atoms with Crippen LogP contribution in [-0.4, -0.2) is 9.78 Å². The van der Waals surface area contributed by atoms with Gasteiger partial charge in [-0.25, -0.2) is 4.68 Å². The Morgan fingerprint density at radius 1 is 1.30 bits per heavy atom. The van der Waals surface area contributed by atoms with Crippen molar-refractivity contribution in [2.75, 3.05) is 0 Å². The van der Waals surface area contributed by atoms with E-state index in [1.165, 1.54) is 16.8 Å². The first-order valence-electron chi connectivity index (χ1n) is 5.73. The minimum absolute atomic E-state index is 0.101. The zero-order valence-corrected chi connectivity index (χ0v) is 11.1. The van der Waals surface area contributed by atoms with Gasteiger partial charge in [0.25, 0.3) is 0 Å². The summed E-state index contributed by atoms with van der Waals surface area (Å²) in [5.74, 6) is 0. The molecular formula is C13H9ClF3N3. The van der Waals surface area contributed by atoms with Gasteiger partial charge in [-0.1, -0.05) is 18.5 Å². The second-order valence-electron chi connectivity index (χ2n) is 4.03. The largest absolute Gasteiger partial charge is 0.416 e. The second kappa shape index (κ2) is 5.17. The van der Waals surface area contributed by atoms with Crippen LogP contribution in [0.1, 0.15) is 23.7 Å². The molecule has 0 aliphatic heterocycles. The Kier molecular flexibility index (Phi) is 3.73. The van der Waals surface area contributed by atoms with E-state index in [1.807, 2.05) is 13.0 Å². The summed E-state index contributed by atoms with van der Waals surface area (Å²) in [4.78, 5) is 0. The summed E-state index contributed by atoms with van der Waals surface area (Å²) in [6.07, 6.45) is -3.88. The number of aryl methyl sites for hydroxylation is 1. The predicted molar refractivity (Wildman–Crippen MR) is 67.7 cm³/mol. The van der Waals surface area contributed by atoms with E-state index in [0.29, 0.717) is 17.8 Å². The van der Waals surface area contributed by atoms with Crippen molar-refractivity contribution in [1.29, 1.82) is 5.26 Å². The van der Waals surface area contributed by atoms with E-state index in [1.54, 1.807) is 0 Å². The topological polar surface area (TPSA) is 41.6 Å². The van der Waals surface area contributed by atoms with Crippen molar-refractivity contribution in [1.82, 2.24) is 9.78 Å². The number of hydrogen-bond acceptors (Lipinski definition) is 2. The molecule has 0 radical (unpaired) electrons. The van der Waals surface area contributed by atoms with Gasteiger partial charge in [0.05, 0.1) is 16.9 Å². The third-order valence-corrected chi connectivity index (χ3v) is 3.14. The normalized spacial score (nSPS) is 11.4. The highest BCUT2D eigenvalue weighted by molar-refractivity contribution is 6.31. The Morgan fingerprint density at radius 3 is 2.30 bits per heavy atom. The van der Waals surface area contributed by atoms with E-state index in [4.69, 9.17) is 16.9 Å². The van der Waals surface area contributed by atoms with E-state index >= 15 is 0 Å². The fourth-order valence-electron chi connectivity index (χ4n) is 1.76. The lowest BCUT2D eigenvalue weighted by molar-refractivity contribution is -0.137. The second-order valence-corrected chi connectivity index (χ2v) is 4.39. The first-order chi connectivity index (χ1) is 9.38. The zero-order valence-electron chi connectivity index (χ0n) is 10.4. The van der Waals surface area contributed by atoms with Gasteiger partial charge in [-0.05, 0) is 30.7 Å². The molecule has 2 rings (SSSR count). The molecule has 0 bridgehead atoms. The Labute approximate surface area is 118 Å². The fraction of sp³-hybridized carbons (Fsp3) is 0.231. The van der Waals surface area contributed by atoms with E-state index in [9.17, 15) is 13.2 Å². The molecule has 0 fully saturated rings. The molecule has 20 heavy (non-hydrogen) atoms. The minimum Gasteiger partial charge on any atom is -0.221 e. The van der Waals surface area contributed by atoms with Crippen LogP contribution in [0.5, 0.6) is 0 Å². The molecule has 0 aliphatic carbocycles. The number of aromatic nitrogens is 2. The summed E-state index contributed by atoms with van der Waals surface area (Å²) in [5, 5.41) is 13.2.